The molecule has 1 aliphatic heterocycles. The van der Waals surface area contributed by atoms with Crippen LogP contribution >= 0.6 is 0 Å². The summed E-state index contributed by atoms with van der Waals surface area (Å²) in [5.74, 6) is -0.828. The van der Waals surface area contributed by atoms with Gasteiger partial charge in [0.1, 0.15) is 0 Å². The van der Waals surface area contributed by atoms with Gasteiger partial charge in [0.15, 0.2) is 5.41 Å². The average Bonchev–Trinajstić information content (AvgIpc) is 3.15. The van der Waals surface area contributed by atoms with Gasteiger partial charge in [0.25, 0.3) is 0 Å². The molecule has 1 saturated carbocycles. The summed E-state index contributed by atoms with van der Waals surface area (Å²) >= 11 is 0. The van der Waals surface area contributed by atoms with Gasteiger partial charge in [0.2, 0.25) is 0 Å². The fourth-order valence-electron chi connectivity index (χ4n) is 4.99. The molecule has 1 fully saturated rings. The number of hydrogen-bond acceptors (Lipinski definition) is 5. The second kappa shape index (κ2) is 9.59. The zero-order chi connectivity index (χ0) is 21.7. The van der Waals surface area contributed by atoms with Gasteiger partial charge in [0.05, 0.1) is 13.2 Å². The van der Waals surface area contributed by atoms with E-state index in [9.17, 15) is 9.59 Å². The van der Waals surface area contributed by atoms with Gasteiger partial charge >= 0.3 is 11.9 Å². The lowest BCUT2D eigenvalue weighted by Crippen LogP contribution is -2.40. The molecular weight excluding hydrogens is 378 g/mol. The number of allylic oxidation sites excluding steroid dienone is 2. The number of nitrogens with zero attached hydrogens (tertiary/aromatic N) is 1. The monoisotopic (exact) mass is 411 g/mol. The van der Waals surface area contributed by atoms with Crippen LogP contribution in [0.1, 0.15) is 65.4 Å². The lowest BCUT2D eigenvalue weighted by atomic mass is 9.78. The van der Waals surface area contributed by atoms with Crippen molar-refractivity contribution in [2.45, 2.75) is 59.8 Å². The Morgan fingerprint density at radius 2 is 1.60 bits per heavy atom. The zero-order valence-corrected chi connectivity index (χ0v) is 18.6. The molecule has 0 saturated heterocycles. The van der Waals surface area contributed by atoms with Gasteiger partial charge in [-0.25, -0.2) is 0 Å². The first-order valence-corrected chi connectivity index (χ1v) is 11.2. The smallest absolute Gasteiger partial charge is 0.323 e. The highest BCUT2D eigenvalue weighted by Gasteiger charge is 2.59. The van der Waals surface area contributed by atoms with Crippen LogP contribution in [-0.4, -0.2) is 30.9 Å². The molecule has 30 heavy (non-hydrogen) atoms. The Kier molecular flexibility index (Phi) is 7.11. The van der Waals surface area contributed by atoms with Gasteiger partial charge in [-0.15, -0.1) is 0 Å². The van der Waals surface area contributed by atoms with Crippen molar-refractivity contribution < 1.29 is 19.1 Å². The first-order valence-electron chi connectivity index (χ1n) is 11.2. The SMILES string of the molecule is CCCCC1=NC(C)=C(c2ccccc2)C2CC(C(=O)OCC)(C(=O)OCC)CC12. The molecule has 3 rings (SSSR count). The van der Waals surface area contributed by atoms with E-state index < -0.39 is 17.4 Å². The number of hydrogen-bond donors (Lipinski definition) is 0. The Balaban J connectivity index is 2.09. The second-order valence-electron chi connectivity index (χ2n) is 8.22. The van der Waals surface area contributed by atoms with Crippen LogP contribution in [0.5, 0.6) is 0 Å². The molecule has 1 aromatic rings. The molecule has 5 heteroatoms. The number of rotatable bonds is 8. The summed E-state index contributed by atoms with van der Waals surface area (Å²) < 4.78 is 10.8. The minimum Gasteiger partial charge on any atom is -0.465 e. The van der Waals surface area contributed by atoms with Crippen LogP contribution < -0.4 is 0 Å². The maximum absolute atomic E-state index is 13.1. The van der Waals surface area contributed by atoms with Crippen molar-refractivity contribution in [3.05, 3.63) is 41.6 Å². The molecule has 0 N–H and O–H groups in total. The Morgan fingerprint density at radius 1 is 1.00 bits per heavy atom. The van der Waals surface area contributed by atoms with Crippen molar-refractivity contribution in [1.29, 1.82) is 0 Å². The summed E-state index contributed by atoms with van der Waals surface area (Å²) in [6.45, 7) is 8.23. The molecule has 0 spiro atoms. The van der Waals surface area contributed by atoms with E-state index in [1.165, 1.54) is 0 Å². The third-order valence-electron chi connectivity index (χ3n) is 6.33. The number of fused-ring (bicyclic) bond motifs is 1. The molecule has 1 aromatic carbocycles. The molecule has 162 valence electrons. The summed E-state index contributed by atoms with van der Waals surface area (Å²) in [6.07, 6.45) is 3.82. The van der Waals surface area contributed by atoms with Crippen LogP contribution in [0.4, 0.5) is 0 Å². The van der Waals surface area contributed by atoms with Gasteiger partial charge < -0.3 is 9.47 Å². The van der Waals surface area contributed by atoms with E-state index in [1.54, 1.807) is 13.8 Å². The average molecular weight is 412 g/mol. The highest BCUT2D eigenvalue weighted by Crippen LogP contribution is 2.55. The number of esters is 2. The summed E-state index contributed by atoms with van der Waals surface area (Å²) in [4.78, 5) is 31.2. The lowest BCUT2D eigenvalue weighted by molar-refractivity contribution is -0.171. The van der Waals surface area contributed by atoms with Crippen molar-refractivity contribution in [2.75, 3.05) is 13.2 Å². The van der Waals surface area contributed by atoms with Crippen LogP contribution in [0.2, 0.25) is 0 Å². The predicted molar refractivity (Wildman–Crippen MR) is 118 cm³/mol. The normalized spacial score (nSPS) is 22.3. The largest absolute Gasteiger partial charge is 0.465 e. The highest BCUT2D eigenvalue weighted by molar-refractivity contribution is 6.04. The zero-order valence-electron chi connectivity index (χ0n) is 18.6. The van der Waals surface area contributed by atoms with Crippen molar-refractivity contribution in [2.24, 2.45) is 22.2 Å². The third-order valence-corrected chi connectivity index (χ3v) is 6.33. The van der Waals surface area contributed by atoms with Crippen LogP contribution in [0, 0.1) is 17.3 Å². The molecule has 2 atom stereocenters. The van der Waals surface area contributed by atoms with Gasteiger partial charge in [-0.05, 0) is 63.5 Å². The number of aliphatic imine (C=N–C) groups is 1. The molecule has 0 radical (unpaired) electrons. The molecule has 0 bridgehead atoms. The fourth-order valence-corrected chi connectivity index (χ4v) is 4.99. The Morgan fingerprint density at radius 3 is 2.17 bits per heavy atom. The number of carbonyl (C=O) groups excluding carboxylic acids is 2. The highest BCUT2D eigenvalue weighted by atomic mass is 16.6. The summed E-state index contributed by atoms with van der Waals surface area (Å²) in [5, 5.41) is 0. The third kappa shape index (κ3) is 4.07. The van der Waals surface area contributed by atoms with E-state index in [2.05, 4.69) is 19.1 Å². The van der Waals surface area contributed by atoms with Crippen LogP contribution in [0.25, 0.3) is 5.57 Å². The van der Waals surface area contributed by atoms with E-state index in [0.717, 1.165) is 41.8 Å². The van der Waals surface area contributed by atoms with Gasteiger partial charge in [-0.3, -0.25) is 14.6 Å². The first-order chi connectivity index (χ1) is 14.5. The summed E-state index contributed by atoms with van der Waals surface area (Å²) in [6, 6.07) is 10.2. The van der Waals surface area contributed by atoms with E-state index in [0.29, 0.717) is 12.8 Å². The Hall–Kier alpha value is -2.43. The minimum atomic E-state index is -1.26. The molecule has 2 unspecified atom stereocenters. The van der Waals surface area contributed by atoms with E-state index >= 15 is 0 Å². The molecular formula is C25H33NO4. The van der Waals surface area contributed by atoms with Crippen molar-refractivity contribution in [3.63, 3.8) is 0 Å². The second-order valence-corrected chi connectivity index (χ2v) is 8.22. The van der Waals surface area contributed by atoms with Crippen LogP contribution in [0.3, 0.4) is 0 Å². The maximum Gasteiger partial charge on any atom is 0.323 e. The molecule has 1 heterocycles. The Labute approximate surface area is 179 Å². The van der Waals surface area contributed by atoms with E-state index in [4.69, 9.17) is 14.5 Å². The standard InChI is InChI=1S/C25H33NO4/c1-5-8-14-21-19-15-25(23(27)29-6-2,24(28)30-7-3)16-20(19)22(17(4)26-21)18-12-10-9-11-13-18/h9-13,19-20H,5-8,14-16H2,1-4H3. The fraction of sp³-hybridized carbons (Fsp3) is 0.560. The topological polar surface area (TPSA) is 65.0 Å². The molecule has 5 nitrogen and oxygen atoms in total. The van der Waals surface area contributed by atoms with E-state index in [-0.39, 0.29) is 25.0 Å². The van der Waals surface area contributed by atoms with Crippen molar-refractivity contribution in [3.8, 4) is 0 Å². The molecule has 0 aromatic heterocycles. The van der Waals surface area contributed by atoms with Gasteiger partial charge in [0, 0.05) is 17.3 Å². The van der Waals surface area contributed by atoms with Crippen molar-refractivity contribution in [1.82, 2.24) is 0 Å². The van der Waals surface area contributed by atoms with Crippen LogP contribution in [0.15, 0.2) is 41.0 Å². The van der Waals surface area contributed by atoms with Gasteiger partial charge in [-0.2, -0.15) is 0 Å². The molecule has 2 aliphatic rings. The van der Waals surface area contributed by atoms with Crippen molar-refractivity contribution >= 4 is 23.2 Å². The molecule has 0 amide bonds. The Bertz CT molecular complexity index is 822. The first kappa shape index (κ1) is 22.3. The number of unbranched alkanes of at least 4 members (excludes halogenated alkanes) is 1. The minimum absolute atomic E-state index is 0.0456. The molecule has 1 aliphatic carbocycles. The number of benzene rings is 1. The van der Waals surface area contributed by atoms with Gasteiger partial charge in [-0.1, -0.05) is 43.7 Å². The summed E-state index contributed by atoms with van der Waals surface area (Å²) in [7, 11) is 0. The predicted octanol–water partition coefficient (Wildman–Crippen LogP) is 5.20. The van der Waals surface area contributed by atoms with E-state index in [1.807, 2.05) is 25.1 Å². The van der Waals surface area contributed by atoms with Crippen LogP contribution in [-0.2, 0) is 19.1 Å². The number of carbonyl (C=O) groups is 2. The summed E-state index contributed by atoms with van der Waals surface area (Å²) in [5.41, 5.74) is 3.06. The quantitative estimate of drug-likeness (QED) is 0.436. The number of ether oxygens (including phenoxy) is 2. The maximum atomic E-state index is 13.1. The lowest BCUT2D eigenvalue weighted by Gasteiger charge is -2.30.